The van der Waals surface area contributed by atoms with E-state index in [1.54, 1.807) is 23.6 Å². The molecule has 3 aliphatic rings. The lowest BCUT2D eigenvalue weighted by Crippen LogP contribution is -2.58. The molecule has 2 fully saturated rings. The van der Waals surface area contributed by atoms with E-state index in [1.807, 2.05) is 48.5 Å². The molecule has 292 valence electrons. The Kier molecular flexibility index (Phi) is 13.4. The fourth-order valence-electron chi connectivity index (χ4n) is 8.15. The van der Waals surface area contributed by atoms with Crippen LogP contribution in [0.3, 0.4) is 0 Å². The molecule has 2 saturated heterocycles. The maximum absolute atomic E-state index is 14.4. The third-order valence-corrected chi connectivity index (χ3v) is 11.2. The number of aliphatic carboxylic acids is 1. The van der Waals surface area contributed by atoms with Gasteiger partial charge in [-0.25, -0.2) is 4.79 Å². The van der Waals surface area contributed by atoms with Crippen molar-refractivity contribution in [2.45, 2.75) is 89.3 Å². The van der Waals surface area contributed by atoms with Crippen molar-refractivity contribution in [3.05, 3.63) is 59.7 Å². The van der Waals surface area contributed by atoms with Gasteiger partial charge in [0.2, 0.25) is 23.6 Å². The number of ether oxygens (including phenoxy) is 1. The van der Waals surface area contributed by atoms with Crippen molar-refractivity contribution in [3.8, 4) is 11.1 Å². The van der Waals surface area contributed by atoms with E-state index >= 15 is 0 Å². The molecule has 2 aliphatic heterocycles. The van der Waals surface area contributed by atoms with E-state index in [4.69, 9.17) is 4.74 Å². The van der Waals surface area contributed by atoms with Gasteiger partial charge < -0.3 is 29.4 Å². The number of benzene rings is 2. The molecule has 13 heteroatoms. The van der Waals surface area contributed by atoms with Gasteiger partial charge in [0.15, 0.2) is 0 Å². The molecule has 5 amide bonds. The van der Waals surface area contributed by atoms with Crippen molar-refractivity contribution in [2.75, 3.05) is 53.9 Å². The van der Waals surface area contributed by atoms with E-state index in [1.165, 1.54) is 30.9 Å². The summed E-state index contributed by atoms with van der Waals surface area (Å²) >= 11 is 0. The Morgan fingerprint density at radius 3 is 1.61 bits per heavy atom. The van der Waals surface area contributed by atoms with Crippen LogP contribution in [0.25, 0.3) is 11.1 Å². The molecule has 54 heavy (non-hydrogen) atoms. The van der Waals surface area contributed by atoms with Gasteiger partial charge in [-0.1, -0.05) is 62.4 Å². The molecule has 0 saturated carbocycles. The number of hydrogen-bond acceptors (Lipinski definition) is 7. The second-order valence-corrected chi connectivity index (χ2v) is 15.2. The van der Waals surface area contributed by atoms with Crippen molar-refractivity contribution in [1.82, 2.24) is 24.5 Å². The van der Waals surface area contributed by atoms with Gasteiger partial charge in [0.05, 0.1) is 12.8 Å². The lowest BCUT2D eigenvalue weighted by molar-refractivity contribution is -0.154. The maximum atomic E-state index is 14.4. The number of rotatable bonds is 13. The smallest absolute Gasteiger partial charge is 0.410 e. The molecule has 1 aliphatic carbocycles. The molecule has 13 nitrogen and oxygen atoms in total. The molecule has 0 aromatic heterocycles. The van der Waals surface area contributed by atoms with E-state index in [0.717, 1.165) is 65.7 Å². The number of amides is 5. The van der Waals surface area contributed by atoms with E-state index < -0.39 is 72.6 Å². The average Bonchev–Trinajstić information content (AvgIpc) is 3.50. The number of carbonyl (C=O) groups is 6. The van der Waals surface area contributed by atoms with Crippen LogP contribution in [0.2, 0.25) is 0 Å². The summed E-state index contributed by atoms with van der Waals surface area (Å²) in [6.07, 6.45) is 3.35. The standard InChI is InChI=1S/C41H55N5O8/c1-27(2)37(44(5)41(53)54-26-32-30-18-10-8-16-28(30)29-17-9-11-19-31(29)32)40(52)43(4)33(38(50)45-20-12-6-13-21-45)24-35(47)42(3)34(25-36(48)49)39(51)46-22-14-7-15-23-46/h8-11,16-19,27,32-34,37H,6-7,12-15,20-26H2,1-5H3,(H,48,49)/t33-,34-,37-/m0/s1. The SMILES string of the molecule is CC(C)[C@@H](C(=O)N(C)[C@@H](CC(=O)N(C)[C@@H](CC(=O)O)C(=O)N1CCCCC1)C(=O)N1CCCCC1)N(C)C(=O)OCC1c2ccccc2-c2ccccc21. The fourth-order valence-corrected chi connectivity index (χ4v) is 8.15. The van der Waals surface area contributed by atoms with Gasteiger partial charge >= 0.3 is 12.1 Å². The topological polar surface area (TPSA) is 148 Å². The van der Waals surface area contributed by atoms with Crippen molar-refractivity contribution in [2.24, 2.45) is 5.92 Å². The number of likely N-dealkylation sites (tertiary alicyclic amines) is 2. The van der Waals surface area contributed by atoms with Crippen molar-refractivity contribution in [1.29, 1.82) is 0 Å². The van der Waals surface area contributed by atoms with Crippen LogP contribution >= 0.6 is 0 Å². The van der Waals surface area contributed by atoms with Crippen LogP contribution in [0.1, 0.15) is 82.3 Å². The number of likely N-dealkylation sites (N-methyl/N-ethyl adjacent to an activating group) is 3. The van der Waals surface area contributed by atoms with Gasteiger partial charge in [0.1, 0.15) is 24.7 Å². The molecular formula is C41H55N5O8. The molecule has 0 spiro atoms. The summed E-state index contributed by atoms with van der Waals surface area (Å²) in [6, 6.07) is 12.5. The summed E-state index contributed by atoms with van der Waals surface area (Å²) in [6.45, 7) is 5.58. The van der Waals surface area contributed by atoms with Gasteiger partial charge in [0.25, 0.3) is 0 Å². The highest BCUT2D eigenvalue weighted by Crippen LogP contribution is 2.44. The van der Waals surface area contributed by atoms with Crippen molar-refractivity contribution >= 4 is 35.7 Å². The van der Waals surface area contributed by atoms with Gasteiger partial charge in [0, 0.05) is 53.2 Å². The molecule has 0 radical (unpaired) electrons. The molecule has 0 bridgehead atoms. The third-order valence-electron chi connectivity index (χ3n) is 11.2. The normalized spacial score (nSPS) is 17.1. The highest BCUT2D eigenvalue weighted by Gasteiger charge is 2.42. The summed E-state index contributed by atoms with van der Waals surface area (Å²) in [7, 11) is 4.33. The first-order chi connectivity index (χ1) is 25.8. The highest BCUT2D eigenvalue weighted by atomic mass is 16.6. The van der Waals surface area contributed by atoms with Crippen molar-refractivity contribution < 1.29 is 38.6 Å². The second kappa shape index (κ2) is 17.9. The molecule has 3 atom stereocenters. The maximum Gasteiger partial charge on any atom is 0.410 e. The number of piperidine rings is 2. The van der Waals surface area contributed by atoms with Crippen LogP contribution in [0.4, 0.5) is 4.79 Å². The molecule has 5 rings (SSSR count). The second-order valence-electron chi connectivity index (χ2n) is 15.2. The Hall–Kier alpha value is -4.94. The zero-order valence-corrected chi connectivity index (χ0v) is 32.2. The summed E-state index contributed by atoms with van der Waals surface area (Å²) in [5.74, 6) is -3.82. The van der Waals surface area contributed by atoms with E-state index in [0.29, 0.717) is 26.2 Å². The Labute approximate surface area is 318 Å². The monoisotopic (exact) mass is 745 g/mol. The van der Waals surface area contributed by atoms with Crippen LogP contribution < -0.4 is 0 Å². The number of carboxylic acid groups (broad SMARTS) is 1. The number of hydrogen-bond donors (Lipinski definition) is 1. The molecule has 0 unspecified atom stereocenters. The van der Waals surface area contributed by atoms with Crippen LogP contribution in [0.5, 0.6) is 0 Å². The highest BCUT2D eigenvalue weighted by molar-refractivity contribution is 5.96. The molecule has 1 N–H and O–H groups in total. The molecule has 2 aromatic rings. The zero-order valence-electron chi connectivity index (χ0n) is 32.2. The summed E-state index contributed by atoms with van der Waals surface area (Å²) < 4.78 is 5.89. The summed E-state index contributed by atoms with van der Waals surface area (Å²) in [4.78, 5) is 88.5. The van der Waals surface area contributed by atoms with E-state index in [9.17, 15) is 33.9 Å². The number of fused-ring (bicyclic) bond motifs is 3. The fraction of sp³-hybridized carbons (Fsp3) is 0.561. The number of carbonyl (C=O) groups excluding carboxylic acids is 5. The van der Waals surface area contributed by atoms with Crippen LogP contribution in [-0.4, -0.2) is 137 Å². The first kappa shape index (κ1) is 40.2. The Balaban J connectivity index is 1.34. The van der Waals surface area contributed by atoms with Crippen molar-refractivity contribution in [3.63, 3.8) is 0 Å². The van der Waals surface area contributed by atoms with E-state index in [2.05, 4.69) is 0 Å². The number of carboxylic acids is 1. The lowest BCUT2D eigenvalue weighted by atomic mass is 9.98. The first-order valence-corrected chi connectivity index (χ1v) is 19.2. The molecule has 2 heterocycles. The predicted octanol–water partition coefficient (Wildman–Crippen LogP) is 4.44. The average molecular weight is 746 g/mol. The largest absolute Gasteiger partial charge is 0.481 e. The van der Waals surface area contributed by atoms with Gasteiger partial charge in [-0.2, -0.15) is 0 Å². The van der Waals surface area contributed by atoms with Gasteiger partial charge in [-0.3, -0.25) is 28.9 Å². The first-order valence-electron chi connectivity index (χ1n) is 19.2. The van der Waals surface area contributed by atoms with E-state index in [-0.39, 0.29) is 12.5 Å². The lowest BCUT2D eigenvalue weighted by Gasteiger charge is -2.39. The van der Waals surface area contributed by atoms with Crippen LogP contribution in [0.15, 0.2) is 48.5 Å². The quantitative estimate of drug-likeness (QED) is 0.317. The number of nitrogens with zero attached hydrogens (tertiary/aromatic N) is 5. The Bertz CT molecular complexity index is 1660. The Morgan fingerprint density at radius 1 is 0.685 bits per heavy atom. The molecule has 2 aromatic carbocycles. The Morgan fingerprint density at radius 2 is 1.15 bits per heavy atom. The minimum Gasteiger partial charge on any atom is -0.481 e. The summed E-state index contributed by atoms with van der Waals surface area (Å²) in [5.41, 5.74) is 4.30. The minimum absolute atomic E-state index is 0.0661. The van der Waals surface area contributed by atoms with Crippen LogP contribution in [-0.2, 0) is 28.7 Å². The van der Waals surface area contributed by atoms with Gasteiger partial charge in [-0.05, 0) is 66.7 Å². The van der Waals surface area contributed by atoms with Gasteiger partial charge in [-0.15, -0.1) is 0 Å². The zero-order chi connectivity index (χ0) is 39.1. The third kappa shape index (κ3) is 8.88. The minimum atomic E-state index is -1.26. The van der Waals surface area contributed by atoms with Crippen LogP contribution in [0, 0.1) is 5.92 Å². The predicted molar refractivity (Wildman–Crippen MR) is 202 cm³/mol. The molecular weight excluding hydrogens is 690 g/mol. The summed E-state index contributed by atoms with van der Waals surface area (Å²) in [5, 5.41) is 9.69.